The third-order valence-corrected chi connectivity index (χ3v) is 4.74. The molecule has 0 saturated carbocycles. The molecule has 140 valence electrons. The second kappa shape index (κ2) is 7.92. The Bertz CT molecular complexity index is 983. The Kier molecular flexibility index (Phi) is 5.60. The Hall–Kier alpha value is -2.67. The summed E-state index contributed by atoms with van der Waals surface area (Å²) in [5, 5.41) is 10.8. The smallest absolute Gasteiger partial charge is 0.176 e. The summed E-state index contributed by atoms with van der Waals surface area (Å²) in [5.41, 5.74) is 8.16. The molecule has 2 aromatic rings. The predicted octanol–water partition coefficient (Wildman–Crippen LogP) is 4.41. The molecular formula is C18H14ClF2N3O2S. The lowest BCUT2D eigenvalue weighted by Gasteiger charge is -2.22. The van der Waals surface area contributed by atoms with Crippen molar-refractivity contribution < 1.29 is 18.6 Å². The first-order chi connectivity index (χ1) is 12.9. The van der Waals surface area contributed by atoms with Crippen LogP contribution in [-0.2, 0) is 11.3 Å². The van der Waals surface area contributed by atoms with Gasteiger partial charge in [0.25, 0.3) is 0 Å². The van der Waals surface area contributed by atoms with E-state index in [0.717, 1.165) is 17.6 Å². The van der Waals surface area contributed by atoms with Crippen LogP contribution in [0, 0.1) is 5.92 Å². The minimum absolute atomic E-state index is 0.0553. The van der Waals surface area contributed by atoms with Crippen molar-refractivity contribution >= 4 is 23.1 Å². The van der Waals surface area contributed by atoms with Gasteiger partial charge in [0.2, 0.25) is 0 Å². The molecule has 9 heteroatoms. The molecule has 1 aliphatic rings. The van der Waals surface area contributed by atoms with Gasteiger partial charge < -0.3 is 15.6 Å². The van der Waals surface area contributed by atoms with Gasteiger partial charge in [0.15, 0.2) is 22.4 Å². The number of benzene rings is 1. The zero-order valence-electron chi connectivity index (χ0n) is 13.8. The summed E-state index contributed by atoms with van der Waals surface area (Å²) in [6.07, 6.45) is 0.748. The Morgan fingerprint density at radius 3 is 2.96 bits per heavy atom. The van der Waals surface area contributed by atoms with Gasteiger partial charge in [0.05, 0.1) is 17.2 Å². The first kappa shape index (κ1) is 19.1. The zero-order chi connectivity index (χ0) is 19.6. The standard InChI is InChI=1S/C18H14ClF2N3O2S/c1-2-12(22)16-11(20)5-6-14(17(16)21)26-8-15-23-18(24-27-15)10-4-3-9(19)7-13(10)25/h3-7,11,16,25H,1,8,22H2. The zero-order valence-corrected chi connectivity index (χ0v) is 15.4. The average Bonchev–Trinajstić information content (AvgIpc) is 3.09. The molecule has 1 aromatic carbocycles. The quantitative estimate of drug-likeness (QED) is 0.715. The number of nitrogens with zero attached hydrogens (tertiary/aromatic N) is 2. The number of alkyl halides is 1. The second-order valence-corrected chi connectivity index (χ2v) is 6.86. The van der Waals surface area contributed by atoms with Crippen LogP contribution in [0.5, 0.6) is 5.75 Å². The molecule has 0 saturated heterocycles. The summed E-state index contributed by atoms with van der Waals surface area (Å²) in [4.78, 5) is 4.25. The highest BCUT2D eigenvalue weighted by atomic mass is 35.5. The van der Waals surface area contributed by atoms with Crippen LogP contribution in [0.15, 0.2) is 59.9 Å². The number of allylic oxidation sites excluding steroid dienone is 3. The van der Waals surface area contributed by atoms with Crippen LogP contribution in [-0.4, -0.2) is 20.6 Å². The van der Waals surface area contributed by atoms with Crippen LogP contribution in [0.25, 0.3) is 11.4 Å². The summed E-state index contributed by atoms with van der Waals surface area (Å²) in [6, 6.07) is 4.57. The lowest BCUT2D eigenvalue weighted by molar-refractivity contribution is 0.182. The molecule has 1 heterocycles. The van der Waals surface area contributed by atoms with E-state index in [1.165, 1.54) is 12.1 Å². The molecule has 1 aliphatic carbocycles. The summed E-state index contributed by atoms with van der Waals surface area (Å²) in [5.74, 6) is -2.04. The molecule has 1 aromatic heterocycles. The van der Waals surface area contributed by atoms with Gasteiger partial charge in [-0.15, -0.1) is 5.73 Å². The van der Waals surface area contributed by atoms with Crippen molar-refractivity contribution in [2.75, 3.05) is 0 Å². The van der Waals surface area contributed by atoms with E-state index in [-0.39, 0.29) is 23.8 Å². The van der Waals surface area contributed by atoms with E-state index in [1.807, 2.05) is 0 Å². The molecule has 0 fully saturated rings. The third kappa shape index (κ3) is 4.03. The monoisotopic (exact) mass is 409 g/mol. The van der Waals surface area contributed by atoms with Gasteiger partial charge >= 0.3 is 0 Å². The van der Waals surface area contributed by atoms with Crippen LogP contribution >= 0.6 is 23.1 Å². The number of nitrogens with two attached hydrogens (primary N) is 1. The van der Waals surface area contributed by atoms with E-state index in [2.05, 4.69) is 21.7 Å². The van der Waals surface area contributed by atoms with Gasteiger partial charge in [-0.2, -0.15) is 4.37 Å². The Morgan fingerprint density at radius 1 is 1.48 bits per heavy atom. The first-order valence-electron chi connectivity index (χ1n) is 7.72. The highest BCUT2D eigenvalue weighted by Gasteiger charge is 2.32. The van der Waals surface area contributed by atoms with Crippen molar-refractivity contribution in [2.45, 2.75) is 12.8 Å². The summed E-state index contributed by atoms with van der Waals surface area (Å²) >= 11 is 6.84. The largest absolute Gasteiger partial charge is 0.507 e. The van der Waals surface area contributed by atoms with E-state index in [9.17, 15) is 13.9 Å². The fourth-order valence-electron chi connectivity index (χ4n) is 2.45. The van der Waals surface area contributed by atoms with E-state index in [1.54, 1.807) is 12.1 Å². The lowest BCUT2D eigenvalue weighted by Crippen LogP contribution is -2.25. The molecule has 2 unspecified atom stereocenters. The molecule has 3 rings (SSSR count). The van der Waals surface area contributed by atoms with Gasteiger partial charge in [-0.05, 0) is 41.9 Å². The van der Waals surface area contributed by atoms with Crippen molar-refractivity contribution in [3.8, 4) is 17.1 Å². The minimum atomic E-state index is -1.62. The van der Waals surface area contributed by atoms with Crippen LogP contribution in [0.2, 0.25) is 5.02 Å². The Morgan fingerprint density at radius 2 is 2.26 bits per heavy atom. The molecular weight excluding hydrogens is 396 g/mol. The van der Waals surface area contributed by atoms with Gasteiger partial charge in [-0.1, -0.05) is 18.2 Å². The maximum absolute atomic E-state index is 14.5. The highest BCUT2D eigenvalue weighted by molar-refractivity contribution is 7.05. The molecule has 27 heavy (non-hydrogen) atoms. The number of phenolic OH excluding ortho intramolecular Hbond substituents is 1. The van der Waals surface area contributed by atoms with Crippen molar-refractivity contribution in [3.05, 3.63) is 70.0 Å². The highest BCUT2D eigenvalue weighted by Crippen LogP contribution is 2.34. The van der Waals surface area contributed by atoms with Crippen molar-refractivity contribution in [1.82, 2.24) is 9.36 Å². The molecule has 0 bridgehead atoms. The topological polar surface area (TPSA) is 81.3 Å². The second-order valence-electron chi connectivity index (χ2n) is 5.59. The number of ether oxygens (including phenoxy) is 1. The van der Waals surface area contributed by atoms with E-state index in [0.29, 0.717) is 21.4 Å². The third-order valence-electron chi connectivity index (χ3n) is 3.82. The van der Waals surface area contributed by atoms with Crippen LogP contribution in [0.4, 0.5) is 8.78 Å². The fourth-order valence-corrected chi connectivity index (χ4v) is 3.19. The molecule has 5 nitrogen and oxygen atoms in total. The van der Waals surface area contributed by atoms with Crippen LogP contribution < -0.4 is 5.73 Å². The lowest BCUT2D eigenvalue weighted by atomic mass is 9.94. The van der Waals surface area contributed by atoms with E-state index in [4.69, 9.17) is 22.1 Å². The van der Waals surface area contributed by atoms with Crippen LogP contribution in [0.3, 0.4) is 0 Å². The SMILES string of the molecule is C=C=C(N)C1C(F)=C(OCc2nc(-c3ccc(Cl)cc3O)ns2)C=CC1F. The predicted molar refractivity (Wildman–Crippen MR) is 99.3 cm³/mol. The number of rotatable bonds is 5. The maximum atomic E-state index is 14.5. The number of phenols is 1. The molecule has 2 atom stereocenters. The van der Waals surface area contributed by atoms with Gasteiger partial charge in [-0.25, -0.2) is 13.8 Å². The van der Waals surface area contributed by atoms with Gasteiger partial charge in [0, 0.05) is 5.02 Å². The van der Waals surface area contributed by atoms with Gasteiger partial charge in [-0.3, -0.25) is 0 Å². The Labute approximate surface area is 162 Å². The molecule has 0 aliphatic heterocycles. The average molecular weight is 410 g/mol. The van der Waals surface area contributed by atoms with Crippen molar-refractivity contribution in [1.29, 1.82) is 0 Å². The van der Waals surface area contributed by atoms with Crippen LogP contribution in [0.1, 0.15) is 5.01 Å². The van der Waals surface area contributed by atoms with Crippen molar-refractivity contribution in [2.24, 2.45) is 11.7 Å². The summed E-state index contributed by atoms with van der Waals surface area (Å²) in [7, 11) is 0. The molecule has 0 amide bonds. The van der Waals surface area contributed by atoms with Gasteiger partial charge in [0.1, 0.15) is 18.5 Å². The fraction of sp³-hybridized carbons (Fsp3) is 0.167. The number of aromatic hydroxyl groups is 1. The number of aromatic nitrogens is 2. The normalized spacial score (nSPS) is 19.1. The summed E-state index contributed by atoms with van der Waals surface area (Å²) in [6.45, 7) is 3.23. The number of hydrogen-bond donors (Lipinski definition) is 2. The van der Waals surface area contributed by atoms with E-state index >= 15 is 0 Å². The number of halogens is 3. The van der Waals surface area contributed by atoms with E-state index < -0.39 is 17.9 Å². The number of hydrogen-bond acceptors (Lipinski definition) is 6. The van der Waals surface area contributed by atoms with Crippen molar-refractivity contribution in [3.63, 3.8) is 0 Å². The Balaban J connectivity index is 1.76. The first-order valence-corrected chi connectivity index (χ1v) is 8.87. The molecule has 3 N–H and O–H groups in total. The molecule has 0 radical (unpaired) electrons. The summed E-state index contributed by atoms with van der Waals surface area (Å²) < 4.78 is 37.9. The minimum Gasteiger partial charge on any atom is -0.507 e. The maximum Gasteiger partial charge on any atom is 0.176 e. The molecule has 0 spiro atoms.